The second-order valence-electron chi connectivity index (χ2n) is 5.84. The number of aromatic nitrogens is 3. The van der Waals surface area contributed by atoms with Crippen molar-refractivity contribution in [2.24, 2.45) is 5.73 Å². The largest absolute Gasteiger partial charge is 0.483 e. The highest BCUT2D eigenvalue weighted by Gasteiger charge is 2.35. The van der Waals surface area contributed by atoms with Crippen LogP contribution >= 0.6 is 0 Å². The van der Waals surface area contributed by atoms with Crippen molar-refractivity contribution in [2.45, 2.75) is 50.5 Å². The van der Waals surface area contributed by atoms with Crippen LogP contribution in [-0.2, 0) is 20.8 Å². The molecule has 2 aliphatic heterocycles. The summed E-state index contributed by atoms with van der Waals surface area (Å²) in [4.78, 5) is 34.7. The minimum atomic E-state index is -0.370. The third-order valence-corrected chi connectivity index (χ3v) is 4.31. The number of carbonyl (C=O) groups excluding carboxylic acids is 1. The van der Waals surface area contributed by atoms with Crippen LogP contribution in [0, 0.1) is 0 Å². The van der Waals surface area contributed by atoms with Crippen LogP contribution < -0.4 is 5.73 Å². The van der Waals surface area contributed by atoms with E-state index >= 15 is 0 Å². The van der Waals surface area contributed by atoms with E-state index in [1.165, 1.54) is 38.8 Å². The summed E-state index contributed by atoms with van der Waals surface area (Å²) in [6.45, 7) is 1.92. The Morgan fingerprint density at radius 2 is 1.84 bits per heavy atom. The molecular formula is C15H25N5O5. The summed E-state index contributed by atoms with van der Waals surface area (Å²) >= 11 is 0. The molecule has 1 aromatic rings. The number of primary amides is 1. The number of nitrogens with zero attached hydrogens (tertiary/aromatic N) is 3. The number of H-pyrrole nitrogens is 1. The van der Waals surface area contributed by atoms with Crippen molar-refractivity contribution in [3.8, 4) is 0 Å². The fourth-order valence-electron chi connectivity index (χ4n) is 3.48. The summed E-state index contributed by atoms with van der Waals surface area (Å²) < 4.78 is 0. The molecule has 25 heavy (non-hydrogen) atoms. The molecule has 3 rings (SSSR count). The molecular weight excluding hydrogens is 330 g/mol. The van der Waals surface area contributed by atoms with Gasteiger partial charge in [-0.15, -0.1) is 0 Å². The molecule has 1 amide bonds. The van der Waals surface area contributed by atoms with Crippen molar-refractivity contribution < 1.29 is 24.6 Å². The second kappa shape index (κ2) is 11.1. The maximum Gasteiger partial charge on any atom is 0.290 e. The van der Waals surface area contributed by atoms with Gasteiger partial charge >= 0.3 is 0 Å². The Balaban J connectivity index is 0.000000460. The summed E-state index contributed by atoms with van der Waals surface area (Å²) in [5.41, 5.74) is 5.18. The van der Waals surface area contributed by atoms with Gasteiger partial charge in [0.2, 0.25) is 5.91 Å². The van der Waals surface area contributed by atoms with Crippen molar-refractivity contribution >= 4 is 18.9 Å². The van der Waals surface area contributed by atoms with Gasteiger partial charge in [0, 0.05) is 12.0 Å². The topological polar surface area (TPSA) is 162 Å². The fourth-order valence-corrected chi connectivity index (χ4v) is 3.48. The van der Waals surface area contributed by atoms with Gasteiger partial charge in [-0.3, -0.25) is 24.4 Å². The maximum atomic E-state index is 10.9. The van der Waals surface area contributed by atoms with Gasteiger partial charge in [0.1, 0.15) is 5.82 Å². The van der Waals surface area contributed by atoms with Crippen LogP contribution in [0.3, 0.4) is 0 Å². The zero-order valence-corrected chi connectivity index (χ0v) is 14.0. The molecule has 0 saturated carbocycles. The average Bonchev–Trinajstić information content (AvgIpc) is 3.03. The molecule has 2 saturated heterocycles. The molecule has 0 bridgehead atoms. The zero-order chi connectivity index (χ0) is 18.7. The third-order valence-electron chi connectivity index (χ3n) is 4.31. The number of nitrogens with two attached hydrogens (primary N) is 1. The molecule has 10 nitrogen and oxygen atoms in total. The molecule has 5 N–H and O–H groups in total. The van der Waals surface area contributed by atoms with Crippen LogP contribution in [0.25, 0.3) is 0 Å². The first kappa shape index (κ1) is 20.6. The van der Waals surface area contributed by atoms with Gasteiger partial charge in [0.15, 0.2) is 5.82 Å². The standard InChI is InChI=1S/C13H21N5O.2CH2O2/c14-11(19)8-12-15-13(17-16-12)9-4-3-7-18-6-2-1-5-10(9)18;2*2-1-3/h9-10H,1-8H2,(H2,14,19)(H,15,16,17);2*1H,(H,2,3)/t9-,10-;;/m1../s1. The molecule has 1 aromatic heterocycles. The van der Waals surface area contributed by atoms with Gasteiger partial charge in [-0.1, -0.05) is 6.42 Å². The van der Waals surface area contributed by atoms with Crippen LogP contribution in [0.15, 0.2) is 0 Å². The Bertz CT molecular complexity index is 542. The molecule has 10 heteroatoms. The maximum absolute atomic E-state index is 10.9. The minimum absolute atomic E-state index is 0.147. The highest BCUT2D eigenvalue weighted by atomic mass is 16.3. The first-order valence-corrected chi connectivity index (χ1v) is 8.16. The highest BCUT2D eigenvalue weighted by molar-refractivity contribution is 5.75. The molecule has 0 aromatic carbocycles. The van der Waals surface area contributed by atoms with Crippen molar-refractivity contribution in [1.29, 1.82) is 0 Å². The van der Waals surface area contributed by atoms with Crippen LogP contribution in [-0.4, -0.2) is 68.3 Å². The molecule has 2 atom stereocenters. The Hall–Kier alpha value is -2.49. The number of rotatable bonds is 3. The molecule has 2 fully saturated rings. The van der Waals surface area contributed by atoms with Crippen molar-refractivity contribution in [3.63, 3.8) is 0 Å². The number of piperidine rings is 2. The lowest BCUT2D eigenvalue weighted by molar-refractivity contribution is -0.123. The monoisotopic (exact) mass is 355 g/mol. The molecule has 0 aliphatic carbocycles. The number of amides is 1. The van der Waals surface area contributed by atoms with E-state index in [1.807, 2.05) is 0 Å². The van der Waals surface area contributed by atoms with E-state index < -0.39 is 0 Å². The zero-order valence-electron chi connectivity index (χ0n) is 14.0. The molecule has 140 valence electrons. The number of hydrogen-bond donors (Lipinski definition) is 4. The van der Waals surface area contributed by atoms with Crippen LogP contribution in [0.5, 0.6) is 0 Å². The van der Waals surface area contributed by atoms with Crippen LogP contribution in [0.2, 0.25) is 0 Å². The van der Waals surface area contributed by atoms with Gasteiger partial charge in [-0.05, 0) is 38.8 Å². The number of aromatic amines is 1. The van der Waals surface area contributed by atoms with Crippen molar-refractivity contribution in [2.75, 3.05) is 13.1 Å². The summed E-state index contributed by atoms with van der Waals surface area (Å²) in [5.74, 6) is 1.50. The average molecular weight is 355 g/mol. The summed E-state index contributed by atoms with van der Waals surface area (Å²) in [7, 11) is 0. The van der Waals surface area contributed by atoms with Gasteiger partial charge in [-0.25, -0.2) is 4.98 Å². The normalized spacial score (nSPS) is 22.2. The molecule has 3 heterocycles. The summed E-state index contributed by atoms with van der Waals surface area (Å²) in [6.07, 6.45) is 6.36. The number of carboxylic acid groups (broad SMARTS) is 2. The number of fused-ring (bicyclic) bond motifs is 1. The fraction of sp³-hybridized carbons (Fsp3) is 0.667. The first-order valence-electron chi connectivity index (χ1n) is 8.16. The Morgan fingerprint density at radius 3 is 2.48 bits per heavy atom. The summed E-state index contributed by atoms with van der Waals surface area (Å²) in [5, 5.41) is 20.9. The lowest BCUT2D eigenvalue weighted by Crippen LogP contribution is -2.47. The summed E-state index contributed by atoms with van der Waals surface area (Å²) in [6, 6.07) is 0.583. The quantitative estimate of drug-likeness (QED) is 0.549. The van der Waals surface area contributed by atoms with E-state index in [9.17, 15) is 4.79 Å². The minimum Gasteiger partial charge on any atom is -0.483 e. The Kier molecular flexibility index (Phi) is 9.15. The van der Waals surface area contributed by atoms with Gasteiger partial charge in [-0.2, -0.15) is 5.10 Å². The lowest BCUT2D eigenvalue weighted by atomic mass is 9.83. The van der Waals surface area contributed by atoms with Crippen molar-refractivity contribution in [1.82, 2.24) is 20.1 Å². The van der Waals surface area contributed by atoms with Gasteiger partial charge in [0.25, 0.3) is 12.9 Å². The third kappa shape index (κ3) is 6.49. The number of nitrogens with one attached hydrogen (secondary N) is 1. The Labute approximate surface area is 145 Å². The first-order chi connectivity index (χ1) is 12.1. The molecule has 2 aliphatic rings. The van der Waals surface area contributed by atoms with E-state index in [-0.39, 0.29) is 25.3 Å². The SMILES string of the molecule is NC(=O)Cc1nc([C@@H]2CCCN3CCCC[C@H]23)n[nH]1.O=CO.O=CO. The van der Waals surface area contributed by atoms with Crippen LogP contribution in [0.4, 0.5) is 0 Å². The van der Waals surface area contributed by atoms with E-state index in [0.717, 1.165) is 12.2 Å². The van der Waals surface area contributed by atoms with Crippen LogP contribution in [0.1, 0.15) is 49.7 Å². The Morgan fingerprint density at radius 1 is 1.20 bits per heavy atom. The molecule has 0 radical (unpaired) electrons. The predicted octanol–water partition coefficient (Wildman–Crippen LogP) is -0.0340. The van der Waals surface area contributed by atoms with E-state index in [0.29, 0.717) is 17.8 Å². The molecule has 0 unspecified atom stereocenters. The van der Waals surface area contributed by atoms with E-state index in [4.69, 9.17) is 25.5 Å². The van der Waals surface area contributed by atoms with Gasteiger partial charge in [0.05, 0.1) is 6.42 Å². The lowest BCUT2D eigenvalue weighted by Gasteiger charge is -2.43. The predicted molar refractivity (Wildman–Crippen MR) is 87.9 cm³/mol. The molecule has 0 spiro atoms. The second-order valence-corrected chi connectivity index (χ2v) is 5.84. The highest BCUT2D eigenvalue weighted by Crippen LogP contribution is 2.35. The van der Waals surface area contributed by atoms with Crippen molar-refractivity contribution in [3.05, 3.63) is 11.6 Å². The van der Waals surface area contributed by atoms with Gasteiger partial charge < -0.3 is 15.9 Å². The van der Waals surface area contributed by atoms with E-state index in [1.54, 1.807) is 0 Å². The van der Waals surface area contributed by atoms with E-state index in [2.05, 4.69) is 20.1 Å². The smallest absolute Gasteiger partial charge is 0.290 e. The number of carbonyl (C=O) groups is 3. The number of hydrogen-bond acceptors (Lipinski definition) is 6.